The molecule has 104 valence electrons. The quantitative estimate of drug-likeness (QED) is 0.657. The molecule has 0 unspecified atom stereocenters. The molecule has 2 rings (SSSR count). The largest absolute Gasteiger partial charge is 0.383 e. The lowest BCUT2D eigenvalue weighted by Gasteiger charge is -2.32. The van der Waals surface area contributed by atoms with Gasteiger partial charge in [-0.25, -0.2) is 0 Å². The maximum absolute atomic E-state index is 11.0. The molecule has 1 N–H and O–H groups in total. The van der Waals surface area contributed by atoms with E-state index in [2.05, 4.69) is 22.2 Å². The molecule has 0 atom stereocenters. The molecular formula is C13H20N4O2. The molecule has 0 bridgehead atoms. The second-order valence-electron chi connectivity index (χ2n) is 4.94. The zero-order valence-corrected chi connectivity index (χ0v) is 11.4. The van der Waals surface area contributed by atoms with Gasteiger partial charge in [0.2, 0.25) is 0 Å². The van der Waals surface area contributed by atoms with Crippen LogP contribution in [0, 0.1) is 10.1 Å². The molecule has 1 heterocycles. The van der Waals surface area contributed by atoms with Crippen molar-refractivity contribution in [2.24, 2.45) is 0 Å². The van der Waals surface area contributed by atoms with Gasteiger partial charge in [0.15, 0.2) is 0 Å². The van der Waals surface area contributed by atoms with Crippen LogP contribution < -0.4 is 5.32 Å². The van der Waals surface area contributed by atoms with E-state index in [9.17, 15) is 10.1 Å². The minimum Gasteiger partial charge on any atom is -0.383 e. The molecule has 1 aromatic carbocycles. The molecule has 1 aliphatic heterocycles. The van der Waals surface area contributed by atoms with E-state index < -0.39 is 0 Å². The van der Waals surface area contributed by atoms with Crippen molar-refractivity contribution in [3.63, 3.8) is 0 Å². The fraction of sp³-hybridized carbons (Fsp3) is 0.538. The van der Waals surface area contributed by atoms with Crippen molar-refractivity contribution in [2.75, 3.05) is 45.6 Å². The Balaban J connectivity index is 2.08. The Bertz CT molecular complexity index is 456. The molecule has 1 fully saturated rings. The van der Waals surface area contributed by atoms with Gasteiger partial charge in [0.25, 0.3) is 5.69 Å². The van der Waals surface area contributed by atoms with Crippen molar-refractivity contribution in [1.29, 1.82) is 0 Å². The SMILES string of the molecule is CNc1ccc(CN2CCN(C)CC2)cc1[N+](=O)[O-]. The number of nitrogens with zero attached hydrogens (tertiary/aromatic N) is 3. The number of nitrogens with one attached hydrogen (secondary N) is 1. The van der Waals surface area contributed by atoms with E-state index in [0.29, 0.717) is 5.69 Å². The third kappa shape index (κ3) is 3.42. The van der Waals surface area contributed by atoms with E-state index in [4.69, 9.17) is 0 Å². The average Bonchev–Trinajstić information content (AvgIpc) is 2.41. The van der Waals surface area contributed by atoms with Crippen molar-refractivity contribution < 1.29 is 4.92 Å². The Kier molecular flexibility index (Phi) is 4.34. The number of piperazine rings is 1. The van der Waals surface area contributed by atoms with E-state index >= 15 is 0 Å². The van der Waals surface area contributed by atoms with Gasteiger partial charge >= 0.3 is 0 Å². The molecule has 0 aliphatic carbocycles. The molecule has 0 radical (unpaired) electrons. The third-order valence-electron chi connectivity index (χ3n) is 3.53. The number of anilines is 1. The van der Waals surface area contributed by atoms with E-state index in [1.807, 2.05) is 6.07 Å². The van der Waals surface area contributed by atoms with E-state index in [1.165, 1.54) is 0 Å². The first-order valence-electron chi connectivity index (χ1n) is 6.46. The molecule has 0 spiro atoms. The summed E-state index contributed by atoms with van der Waals surface area (Å²) in [5.74, 6) is 0. The summed E-state index contributed by atoms with van der Waals surface area (Å²) >= 11 is 0. The highest BCUT2D eigenvalue weighted by Gasteiger charge is 2.17. The highest BCUT2D eigenvalue weighted by Crippen LogP contribution is 2.25. The van der Waals surface area contributed by atoms with Crippen LogP contribution in [0.3, 0.4) is 0 Å². The predicted octanol–water partition coefficient (Wildman–Crippen LogP) is 1.38. The van der Waals surface area contributed by atoms with E-state index in [1.54, 1.807) is 19.2 Å². The van der Waals surface area contributed by atoms with Crippen LogP contribution in [0.4, 0.5) is 11.4 Å². The van der Waals surface area contributed by atoms with Crippen molar-refractivity contribution in [3.05, 3.63) is 33.9 Å². The van der Waals surface area contributed by atoms with Crippen molar-refractivity contribution >= 4 is 11.4 Å². The monoisotopic (exact) mass is 264 g/mol. The number of nitro benzene ring substituents is 1. The van der Waals surface area contributed by atoms with E-state index in [0.717, 1.165) is 38.3 Å². The first-order chi connectivity index (χ1) is 9.10. The molecule has 1 aliphatic rings. The Hall–Kier alpha value is -1.66. The molecule has 1 aromatic rings. The lowest BCUT2D eigenvalue weighted by Crippen LogP contribution is -2.43. The molecule has 6 heteroatoms. The number of rotatable bonds is 4. The van der Waals surface area contributed by atoms with Crippen LogP contribution in [0.1, 0.15) is 5.56 Å². The standard InChI is InChI=1S/C13H20N4O2/c1-14-12-4-3-11(9-13(12)17(18)19)10-16-7-5-15(2)6-8-16/h3-4,9,14H,5-8,10H2,1-2H3. The smallest absolute Gasteiger partial charge is 0.292 e. The summed E-state index contributed by atoms with van der Waals surface area (Å²) in [7, 11) is 3.81. The fourth-order valence-corrected chi connectivity index (χ4v) is 2.30. The Morgan fingerprint density at radius 3 is 2.58 bits per heavy atom. The summed E-state index contributed by atoms with van der Waals surface area (Å²) in [6.07, 6.45) is 0. The normalized spacial score (nSPS) is 17.4. The zero-order chi connectivity index (χ0) is 13.8. The number of hydrogen-bond donors (Lipinski definition) is 1. The van der Waals surface area contributed by atoms with Gasteiger partial charge in [-0.2, -0.15) is 0 Å². The maximum atomic E-state index is 11.0. The van der Waals surface area contributed by atoms with Crippen molar-refractivity contribution in [2.45, 2.75) is 6.54 Å². The van der Waals surface area contributed by atoms with Crippen LogP contribution in [0.15, 0.2) is 18.2 Å². The first-order valence-corrected chi connectivity index (χ1v) is 6.46. The second-order valence-corrected chi connectivity index (χ2v) is 4.94. The van der Waals surface area contributed by atoms with Gasteiger partial charge in [-0.1, -0.05) is 6.07 Å². The molecule has 19 heavy (non-hydrogen) atoms. The molecule has 6 nitrogen and oxygen atoms in total. The summed E-state index contributed by atoms with van der Waals surface area (Å²) < 4.78 is 0. The summed E-state index contributed by atoms with van der Waals surface area (Å²) in [5, 5.41) is 13.9. The Labute approximate surface area is 113 Å². The predicted molar refractivity (Wildman–Crippen MR) is 75.4 cm³/mol. The number of likely N-dealkylation sites (N-methyl/N-ethyl adjacent to an activating group) is 1. The maximum Gasteiger partial charge on any atom is 0.292 e. The topological polar surface area (TPSA) is 61.6 Å². The fourth-order valence-electron chi connectivity index (χ4n) is 2.30. The summed E-state index contributed by atoms with van der Waals surface area (Å²) in [5.41, 5.74) is 1.71. The molecule has 0 saturated carbocycles. The highest BCUT2D eigenvalue weighted by atomic mass is 16.6. The van der Waals surface area contributed by atoms with Gasteiger partial charge in [0, 0.05) is 45.8 Å². The van der Waals surface area contributed by atoms with Crippen molar-refractivity contribution in [1.82, 2.24) is 9.80 Å². The summed E-state index contributed by atoms with van der Waals surface area (Å²) in [6.45, 7) is 4.90. The molecular weight excluding hydrogens is 244 g/mol. The van der Waals surface area contributed by atoms with Crippen LogP contribution >= 0.6 is 0 Å². The number of benzene rings is 1. The van der Waals surface area contributed by atoms with Gasteiger partial charge in [-0.3, -0.25) is 15.0 Å². The zero-order valence-electron chi connectivity index (χ0n) is 11.4. The average molecular weight is 264 g/mol. The summed E-state index contributed by atoms with van der Waals surface area (Å²) in [4.78, 5) is 15.3. The van der Waals surface area contributed by atoms with Gasteiger partial charge in [-0.15, -0.1) is 0 Å². The number of hydrogen-bond acceptors (Lipinski definition) is 5. The van der Waals surface area contributed by atoms with Crippen LogP contribution in [0.5, 0.6) is 0 Å². The third-order valence-corrected chi connectivity index (χ3v) is 3.53. The molecule has 1 saturated heterocycles. The minimum absolute atomic E-state index is 0.147. The van der Waals surface area contributed by atoms with Crippen LogP contribution in [0.25, 0.3) is 0 Å². The van der Waals surface area contributed by atoms with Gasteiger partial charge in [0.1, 0.15) is 5.69 Å². The van der Waals surface area contributed by atoms with Crippen LogP contribution in [-0.2, 0) is 6.54 Å². The second kappa shape index (κ2) is 5.99. The van der Waals surface area contributed by atoms with E-state index in [-0.39, 0.29) is 10.6 Å². The van der Waals surface area contributed by atoms with Crippen molar-refractivity contribution in [3.8, 4) is 0 Å². The minimum atomic E-state index is -0.334. The highest BCUT2D eigenvalue weighted by molar-refractivity contribution is 5.62. The Morgan fingerprint density at radius 1 is 1.32 bits per heavy atom. The lowest BCUT2D eigenvalue weighted by molar-refractivity contribution is -0.384. The van der Waals surface area contributed by atoms with Gasteiger partial charge < -0.3 is 10.2 Å². The number of nitro groups is 1. The summed E-state index contributed by atoms with van der Waals surface area (Å²) in [6, 6.07) is 5.41. The lowest BCUT2D eigenvalue weighted by atomic mass is 10.1. The van der Waals surface area contributed by atoms with Gasteiger partial charge in [-0.05, 0) is 18.7 Å². The van der Waals surface area contributed by atoms with Crippen LogP contribution in [-0.4, -0.2) is 55.0 Å². The Morgan fingerprint density at radius 2 is 2.00 bits per heavy atom. The van der Waals surface area contributed by atoms with Gasteiger partial charge in [0.05, 0.1) is 4.92 Å². The molecule has 0 aromatic heterocycles. The van der Waals surface area contributed by atoms with Crippen LogP contribution in [0.2, 0.25) is 0 Å². The molecule has 0 amide bonds. The first kappa shape index (κ1) is 13.8.